The number of carbonyl (C=O) groups is 1. The molecule has 1 saturated heterocycles. The predicted molar refractivity (Wildman–Crippen MR) is 49.3 cm³/mol. The maximum Gasteiger partial charge on any atom is 0.303 e. The van der Waals surface area contributed by atoms with E-state index in [9.17, 15) is 4.79 Å². The summed E-state index contributed by atoms with van der Waals surface area (Å²) in [6.45, 7) is 0. The summed E-state index contributed by atoms with van der Waals surface area (Å²) in [5.41, 5.74) is 0. The van der Waals surface area contributed by atoms with Crippen LogP contribution in [0.3, 0.4) is 0 Å². The van der Waals surface area contributed by atoms with E-state index in [2.05, 4.69) is 0 Å². The molecule has 0 aromatic rings. The van der Waals surface area contributed by atoms with Crippen molar-refractivity contribution in [2.75, 3.05) is 11.5 Å². The third kappa shape index (κ3) is 1.60. The lowest BCUT2D eigenvalue weighted by Crippen LogP contribution is -1.96. The van der Waals surface area contributed by atoms with Crippen LogP contribution in [0.15, 0.2) is 0 Å². The van der Waals surface area contributed by atoms with Crippen molar-refractivity contribution in [3.8, 4) is 0 Å². The monoisotopic (exact) mass is 186 g/mol. The van der Waals surface area contributed by atoms with Crippen molar-refractivity contribution in [3.63, 3.8) is 0 Å². The van der Waals surface area contributed by atoms with Crippen molar-refractivity contribution in [2.45, 2.75) is 19.3 Å². The zero-order valence-electron chi connectivity index (χ0n) is 7.03. The van der Waals surface area contributed by atoms with E-state index in [4.69, 9.17) is 5.11 Å². The van der Waals surface area contributed by atoms with Gasteiger partial charge in [0.05, 0.1) is 0 Å². The molecule has 3 heteroatoms. The molecule has 2 rings (SSSR count). The second-order valence-electron chi connectivity index (χ2n) is 3.79. The Hall–Kier alpha value is -0.180. The van der Waals surface area contributed by atoms with Gasteiger partial charge in [-0.1, -0.05) is 0 Å². The molecule has 0 bridgehead atoms. The Morgan fingerprint density at radius 1 is 1.50 bits per heavy atom. The summed E-state index contributed by atoms with van der Waals surface area (Å²) in [5.74, 6) is 4.48. The highest BCUT2D eigenvalue weighted by molar-refractivity contribution is 7.99. The van der Waals surface area contributed by atoms with Gasteiger partial charge in [-0.25, -0.2) is 0 Å². The van der Waals surface area contributed by atoms with E-state index in [0.29, 0.717) is 6.42 Å². The lowest BCUT2D eigenvalue weighted by atomic mass is 10.1. The maximum absolute atomic E-state index is 10.3. The van der Waals surface area contributed by atoms with Crippen molar-refractivity contribution in [2.24, 2.45) is 17.8 Å². The van der Waals surface area contributed by atoms with E-state index in [-0.39, 0.29) is 0 Å². The van der Waals surface area contributed by atoms with Crippen LogP contribution in [0.2, 0.25) is 0 Å². The molecule has 0 aromatic carbocycles. The van der Waals surface area contributed by atoms with Crippen LogP contribution in [0.1, 0.15) is 19.3 Å². The van der Waals surface area contributed by atoms with Gasteiger partial charge in [0.15, 0.2) is 0 Å². The molecule has 0 radical (unpaired) electrons. The average Bonchev–Trinajstić information content (AvgIpc) is 2.74. The number of carboxylic acid groups (broad SMARTS) is 1. The summed E-state index contributed by atoms with van der Waals surface area (Å²) >= 11 is 2.04. The zero-order valence-corrected chi connectivity index (χ0v) is 7.85. The zero-order chi connectivity index (χ0) is 8.55. The van der Waals surface area contributed by atoms with Crippen molar-refractivity contribution in [3.05, 3.63) is 0 Å². The van der Waals surface area contributed by atoms with E-state index in [0.717, 1.165) is 24.2 Å². The van der Waals surface area contributed by atoms with Crippen LogP contribution < -0.4 is 0 Å². The van der Waals surface area contributed by atoms with Crippen molar-refractivity contribution < 1.29 is 9.90 Å². The Kier molecular flexibility index (Phi) is 2.31. The summed E-state index contributed by atoms with van der Waals surface area (Å²) < 4.78 is 0. The summed E-state index contributed by atoms with van der Waals surface area (Å²) in [6, 6.07) is 0. The van der Waals surface area contributed by atoms with E-state index in [1.54, 1.807) is 0 Å². The fourth-order valence-electron chi connectivity index (χ4n) is 2.36. The predicted octanol–water partition coefficient (Wildman–Crippen LogP) is 1.85. The first-order valence-corrected chi connectivity index (χ1v) is 5.74. The first kappa shape index (κ1) is 8.42. The second kappa shape index (κ2) is 3.29. The molecule has 0 amide bonds. The van der Waals surface area contributed by atoms with Gasteiger partial charge < -0.3 is 5.11 Å². The second-order valence-corrected chi connectivity index (χ2v) is 4.94. The normalized spacial score (nSPS) is 38.8. The molecule has 1 aliphatic heterocycles. The van der Waals surface area contributed by atoms with E-state index in [1.165, 1.54) is 17.9 Å². The Labute approximate surface area is 76.7 Å². The van der Waals surface area contributed by atoms with Crippen LogP contribution in [-0.4, -0.2) is 22.6 Å². The minimum Gasteiger partial charge on any atom is -0.481 e. The molecule has 1 N–H and O–H groups in total. The minimum atomic E-state index is -0.633. The molecule has 68 valence electrons. The minimum absolute atomic E-state index is 0.377. The molecule has 1 saturated carbocycles. The van der Waals surface area contributed by atoms with Gasteiger partial charge in [-0.15, -0.1) is 0 Å². The van der Waals surface area contributed by atoms with E-state index < -0.39 is 5.97 Å². The smallest absolute Gasteiger partial charge is 0.303 e. The fraction of sp³-hybridized carbons (Fsp3) is 0.889. The highest BCUT2D eigenvalue weighted by Gasteiger charge is 2.50. The highest BCUT2D eigenvalue weighted by Crippen LogP contribution is 2.55. The van der Waals surface area contributed by atoms with E-state index >= 15 is 0 Å². The number of carboxylic acids is 1. The summed E-state index contributed by atoms with van der Waals surface area (Å²) in [7, 11) is 0. The Morgan fingerprint density at radius 2 is 2.33 bits per heavy atom. The van der Waals surface area contributed by atoms with Crippen LogP contribution in [0, 0.1) is 17.8 Å². The molecular weight excluding hydrogens is 172 g/mol. The van der Waals surface area contributed by atoms with Crippen molar-refractivity contribution in [1.29, 1.82) is 0 Å². The van der Waals surface area contributed by atoms with Gasteiger partial charge in [-0.2, -0.15) is 11.8 Å². The lowest BCUT2D eigenvalue weighted by molar-refractivity contribution is -0.137. The van der Waals surface area contributed by atoms with Crippen molar-refractivity contribution >= 4 is 17.7 Å². The van der Waals surface area contributed by atoms with Gasteiger partial charge in [-0.05, 0) is 42.1 Å². The Balaban J connectivity index is 1.74. The average molecular weight is 186 g/mol. The SMILES string of the molecule is O=C(O)CCC1C2CCSCC21. The third-order valence-electron chi connectivity index (χ3n) is 3.11. The molecule has 2 aliphatic rings. The van der Waals surface area contributed by atoms with Gasteiger partial charge in [0.1, 0.15) is 0 Å². The number of fused-ring (bicyclic) bond motifs is 1. The van der Waals surface area contributed by atoms with Crippen LogP contribution in [0.5, 0.6) is 0 Å². The first-order valence-electron chi connectivity index (χ1n) is 4.58. The lowest BCUT2D eigenvalue weighted by Gasteiger charge is -2.05. The number of thioether (sulfide) groups is 1. The molecule has 3 atom stereocenters. The summed E-state index contributed by atoms with van der Waals surface area (Å²) in [6.07, 6.45) is 2.63. The summed E-state index contributed by atoms with van der Waals surface area (Å²) in [4.78, 5) is 10.3. The number of aliphatic carboxylic acids is 1. The largest absolute Gasteiger partial charge is 0.481 e. The van der Waals surface area contributed by atoms with Crippen LogP contribution >= 0.6 is 11.8 Å². The number of rotatable bonds is 3. The maximum atomic E-state index is 10.3. The standard InChI is InChI=1S/C9H14O2S/c10-9(11)2-1-6-7-3-4-12-5-8(6)7/h6-8H,1-5H2,(H,10,11). The fourth-order valence-corrected chi connectivity index (χ4v) is 3.73. The Morgan fingerprint density at radius 3 is 2.92 bits per heavy atom. The van der Waals surface area contributed by atoms with Gasteiger partial charge in [0.25, 0.3) is 0 Å². The topological polar surface area (TPSA) is 37.3 Å². The van der Waals surface area contributed by atoms with Gasteiger partial charge >= 0.3 is 5.97 Å². The molecule has 0 aromatic heterocycles. The molecule has 2 nitrogen and oxygen atoms in total. The van der Waals surface area contributed by atoms with Crippen LogP contribution in [0.4, 0.5) is 0 Å². The molecule has 0 spiro atoms. The van der Waals surface area contributed by atoms with Crippen LogP contribution in [0.25, 0.3) is 0 Å². The first-order chi connectivity index (χ1) is 5.79. The molecule has 1 aliphatic carbocycles. The van der Waals surface area contributed by atoms with Crippen LogP contribution in [-0.2, 0) is 4.79 Å². The van der Waals surface area contributed by atoms with E-state index in [1.807, 2.05) is 11.8 Å². The molecule has 1 heterocycles. The highest BCUT2D eigenvalue weighted by atomic mass is 32.2. The summed E-state index contributed by atoms with van der Waals surface area (Å²) in [5, 5.41) is 8.52. The van der Waals surface area contributed by atoms with Crippen molar-refractivity contribution in [1.82, 2.24) is 0 Å². The van der Waals surface area contributed by atoms with Gasteiger partial charge in [-0.3, -0.25) is 4.79 Å². The molecule has 2 fully saturated rings. The Bertz CT molecular complexity index is 181. The quantitative estimate of drug-likeness (QED) is 0.731. The number of hydrogen-bond acceptors (Lipinski definition) is 2. The van der Waals surface area contributed by atoms with Gasteiger partial charge in [0, 0.05) is 6.42 Å². The molecular formula is C9H14O2S. The van der Waals surface area contributed by atoms with Gasteiger partial charge in [0.2, 0.25) is 0 Å². The molecule has 12 heavy (non-hydrogen) atoms. The molecule has 3 unspecified atom stereocenters. The number of hydrogen-bond donors (Lipinski definition) is 1. The third-order valence-corrected chi connectivity index (χ3v) is 4.25.